The Balaban J connectivity index is 1.80. The molecule has 0 saturated heterocycles. The van der Waals surface area contributed by atoms with Gasteiger partial charge in [-0.05, 0) is 36.2 Å². The highest BCUT2D eigenvalue weighted by molar-refractivity contribution is 5.22. The van der Waals surface area contributed by atoms with Gasteiger partial charge < -0.3 is 5.32 Å². The molecule has 2 aliphatic carbocycles. The molecule has 0 heterocycles. The van der Waals surface area contributed by atoms with E-state index >= 15 is 0 Å². The van der Waals surface area contributed by atoms with Crippen LogP contribution in [-0.2, 0) is 0 Å². The van der Waals surface area contributed by atoms with Crippen LogP contribution in [0.2, 0.25) is 0 Å². The summed E-state index contributed by atoms with van der Waals surface area (Å²) in [5.74, 6) is 2.69. The average molecular weight is 271 g/mol. The van der Waals surface area contributed by atoms with Gasteiger partial charge >= 0.3 is 0 Å². The van der Waals surface area contributed by atoms with Crippen LogP contribution in [0, 0.1) is 11.8 Å². The van der Waals surface area contributed by atoms with Crippen molar-refractivity contribution in [2.45, 2.75) is 70.4 Å². The van der Waals surface area contributed by atoms with Crippen LogP contribution in [0.4, 0.5) is 0 Å². The summed E-state index contributed by atoms with van der Waals surface area (Å²) in [6, 6.07) is 12.5. The van der Waals surface area contributed by atoms with E-state index in [0.717, 1.165) is 17.8 Å². The first-order valence-electron chi connectivity index (χ1n) is 8.55. The van der Waals surface area contributed by atoms with E-state index in [0.29, 0.717) is 12.1 Å². The molecule has 0 aliphatic heterocycles. The highest BCUT2D eigenvalue weighted by Crippen LogP contribution is 2.46. The van der Waals surface area contributed by atoms with Crippen molar-refractivity contribution < 1.29 is 0 Å². The van der Waals surface area contributed by atoms with Gasteiger partial charge in [-0.1, -0.05) is 69.9 Å². The standard InChI is InChI=1S/C19H29N/c1-14(2)20-19-13-17-11-7-6-10-16(17)12-18(19)15-8-4-3-5-9-15/h3-5,8-9,14,16-20H,6-7,10-13H2,1-2H3/t16-,17+,18-,19-/m1/s1. The Morgan fingerprint density at radius 3 is 2.25 bits per heavy atom. The third-order valence-electron chi connectivity index (χ3n) is 5.44. The van der Waals surface area contributed by atoms with Gasteiger partial charge in [0.25, 0.3) is 0 Å². The maximum absolute atomic E-state index is 3.86. The van der Waals surface area contributed by atoms with Gasteiger partial charge in [0, 0.05) is 12.1 Å². The number of nitrogens with one attached hydrogen (secondary N) is 1. The average Bonchev–Trinajstić information content (AvgIpc) is 2.47. The molecule has 1 aromatic carbocycles. The molecule has 2 aliphatic rings. The molecule has 0 amide bonds. The highest BCUT2D eigenvalue weighted by Gasteiger charge is 2.38. The molecule has 1 heteroatoms. The van der Waals surface area contributed by atoms with Gasteiger partial charge in [-0.25, -0.2) is 0 Å². The molecule has 1 aromatic rings. The molecule has 1 nitrogen and oxygen atoms in total. The first-order valence-corrected chi connectivity index (χ1v) is 8.55. The molecule has 110 valence electrons. The van der Waals surface area contributed by atoms with Crippen molar-refractivity contribution >= 4 is 0 Å². The number of hydrogen-bond donors (Lipinski definition) is 1. The van der Waals surface area contributed by atoms with Crippen molar-refractivity contribution in [3.63, 3.8) is 0 Å². The third-order valence-corrected chi connectivity index (χ3v) is 5.44. The molecule has 0 bridgehead atoms. The summed E-state index contributed by atoms with van der Waals surface area (Å²) in [7, 11) is 0. The van der Waals surface area contributed by atoms with Gasteiger partial charge in [-0.3, -0.25) is 0 Å². The Labute approximate surface area is 124 Å². The summed E-state index contributed by atoms with van der Waals surface area (Å²) >= 11 is 0. The Morgan fingerprint density at radius 2 is 1.60 bits per heavy atom. The fourth-order valence-electron chi connectivity index (χ4n) is 4.57. The summed E-state index contributed by atoms with van der Waals surface area (Å²) in [4.78, 5) is 0. The quantitative estimate of drug-likeness (QED) is 0.837. The second-order valence-electron chi connectivity index (χ2n) is 7.22. The smallest absolute Gasteiger partial charge is 0.0141 e. The zero-order chi connectivity index (χ0) is 13.9. The SMILES string of the molecule is CC(C)N[C@@H]1C[C@@H]2CCCC[C@@H]2C[C@@H]1c1ccccc1. The van der Waals surface area contributed by atoms with Crippen molar-refractivity contribution in [1.82, 2.24) is 5.32 Å². The van der Waals surface area contributed by atoms with Crippen LogP contribution < -0.4 is 5.32 Å². The van der Waals surface area contributed by atoms with E-state index in [-0.39, 0.29) is 0 Å². The van der Waals surface area contributed by atoms with Crippen molar-refractivity contribution in [2.75, 3.05) is 0 Å². The minimum absolute atomic E-state index is 0.589. The zero-order valence-corrected chi connectivity index (χ0v) is 13.0. The number of rotatable bonds is 3. The van der Waals surface area contributed by atoms with Gasteiger partial charge in [-0.2, -0.15) is 0 Å². The maximum Gasteiger partial charge on any atom is 0.0141 e. The fraction of sp³-hybridized carbons (Fsp3) is 0.684. The van der Waals surface area contributed by atoms with E-state index in [1.807, 2.05) is 0 Å². The summed E-state index contributed by atoms with van der Waals surface area (Å²) in [5, 5.41) is 3.86. The first-order chi connectivity index (χ1) is 9.74. The van der Waals surface area contributed by atoms with Gasteiger partial charge in [0.1, 0.15) is 0 Å². The van der Waals surface area contributed by atoms with Crippen molar-refractivity contribution in [3.05, 3.63) is 35.9 Å². The molecular weight excluding hydrogens is 242 g/mol. The molecule has 0 radical (unpaired) electrons. The molecule has 4 atom stereocenters. The normalized spacial score (nSPS) is 34.0. The summed E-state index contributed by atoms with van der Waals surface area (Å²) < 4.78 is 0. The first kappa shape index (κ1) is 14.1. The molecular formula is C19H29N. The minimum atomic E-state index is 0.589. The monoisotopic (exact) mass is 271 g/mol. The van der Waals surface area contributed by atoms with E-state index in [2.05, 4.69) is 49.5 Å². The van der Waals surface area contributed by atoms with E-state index in [9.17, 15) is 0 Å². The topological polar surface area (TPSA) is 12.0 Å². The van der Waals surface area contributed by atoms with Crippen LogP contribution in [0.1, 0.15) is 63.9 Å². The van der Waals surface area contributed by atoms with Gasteiger partial charge in [-0.15, -0.1) is 0 Å². The van der Waals surface area contributed by atoms with Gasteiger partial charge in [0.05, 0.1) is 0 Å². The van der Waals surface area contributed by atoms with Gasteiger partial charge in [0.15, 0.2) is 0 Å². The van der Waals surface area contributed by atoms with Crippen LogP contribution in [0.15, 0.2) is 30.3 Å². The van der Waals surface area contributed by atoms with Crippen LogP contribution in [0.25, 0.3) is 0 Å². The van der Waals surface area contributed by atoms with E-state index in [1.54, 1.807) is 5.56 Å². The summed E-state index contributed by atoms with van der Waals surface area (Å²) in [5.41, 5.74) is 1.55. The second-order valence-corrected chi connectivity index (χ2v) is 7.22. The lowest BCUT2D eigenvalue weighted by Crippen LogP contribution is -2.46. The van der Waals surface area contributed by atoms with Crippen LogP contribution >= 0.6 is 0 Å². The van der Waals surface area contributed by atoms with Crippen molar-refractivity contribution in [2.24, 2.45) is 11.8 Å². The van der Waals surface area contributed by atoms with Crippen LogP contribution in [0.3, 0.4) is 0 Å². The summed E-state index contributed by atoms with van der Waals surface area (Å²) in [6.45, 7) is 4.57. The lowest BCUT2D eigenvalue weighted by atomic mass is 9.64. The molecule has 2 fully saturated rings. The minimum Gasteiger partial charge on any atom is -0.311 e. The largest absolute Gasteiger partial charge is 0.311 e. The third kappa shape index (κ3) is 3.09. The predicted octanol–water partition coefficient (Wildman–Crippen LogP) is 4.74. The van der Waals surface area contributed by atoms with Gasteiger partial charge in [0.2, 0.25) is 0 Å². The van der Waals surface area contributed by atoms with E-state index in [4.69, 9.17) is 0 Å². The number of fused-ring (bicyclic) bond motifs is 1. The predicted molar refractivity (Wildman–Crippen MR) is 85.9 cm³/mol. The molecule has 0 unspecified atom stereocenters. The van der Waals surface area contributed by atoms with Crippen LogP contribution in [0.5, 0.6) is 0 Å². The zero-order valence-electron chi connectivity index (χ0n) is 13.0. The molecule has 2 saturated carbocycles. The van der Waals surface area contributed by atoms with E-state index < -0.39 is 0 Å². The van der Waals surface area contributed by atoms with Crippen molar-refractivity contribution in [1.29, 1.82) is 0 Å². The van der Waals surface area contributed by atoms with Crippen LogP contribution in [-0.4, -0.2) is 12.1 Å². The maximum atomic E-state index is 3.86. The lowest BCUT2D eigenvalue weighted by Gasteiger charge is -2.45. The Kier molecular flexibility index (Phi) is 4.45. The Bertz CT molecular complexity index is 411. The lowest BCUT2D eigenvalue weighted by molar-refractivity contribution is 0.122. The fourth-order valence-corrected chi connectivity index (χ4v) is 4.57. The Morgan fingerprint density at radius 1 is 0.950 bits per heavy atom. The number of hydrogen-bond acceptors (Lipinski definition) is 1. The second kappa shape index (κ2) is 6.30. The molecule has 3 rings (SSSR count). The molecule has 20 heavy (non-hydrogen) atoms. The summed E-state index contributed by atoms with van der Waals surface area (Å²) in [6.07, 6.45) is 8.67. The molecule has 0 aromatic heterocycles. The van der Waals surface area contributed by atoms with E-state index in [1.165, 1.54) is 38.5 Å². The van der Waals surface area contributed by atoms with Crippen molar-refractivity contribution in [3.8, 4) is 0 Å². The molecule has 0 spiro atoms. The Hall–Kier alpha value is -0.820. The molecule has 1 N–H and O–H groups in total. The highest BCUT2D eigenvalue weighted by atomic mass is 14.9. The number of benzene rings is 1.